The lowest BCUT2D eigenvalue weighted by atomic mass is 10.2. The highest BCUT2D eigenvalue weighted by molar-refractivity contribution is 9.10. The first-order chi connectivity index (χ1) is 14.0. The predicted octanol–water partition coefficient (Wildman–Crippen LogP) is 6.64. The number of nitrogens with zero attached hydrogens (tertiary/aromatic N) is 3. The molecule has 0 saturated heterocycles. The number of carbonyl (C=O) groups excluding carboxylic acids is 1. The van der Waals surface area contributed by atoms with E-state index < -0.39 is 11.7 Å². The molecule has 0 atom stereocenters. The zero-order valence-electron chi connectivity index (χ0n) is 14.7. The normalized spacial score (nSPS) is 11.3. The van der Waals surface area contributed by atoms with Crippen LogP contribution in [0.3, 0.4) is 0 Å². The molecule has 29 heavy (non-hydrogen) atoms. The Morgan fingerprint density at radius 1 is 1.00 bits per heavy atom. The largest absolute Gasteiger partial charge is 0.280 e. The van der Waals surface area contributed by atoms with Gasteiger partial charge in [-0.25, -0.2) is 9.37 Å². The molecule has 0 spiro atoms. The minimum atomic E-state index is -0.406. The van der Waals surface area contributed by atoms with Crippen LogP contribution in [0.25, 0.3) is 10.2 Å². The standard InChI is InChI=1S/C21H12Br2FN3OS/c22-15-5-1-13(2-6-15)12-25-27(20(28)14-3-8-17(24)9-4-14)21-26-18-10-7-16(23)11-19(18)29-21/h1-12H/b25-12+. The highest BCUT2D eigenvalue weighted by Gasteiger charge is 2.21. The van der Waals surface area contributed by atoms with Gasteiger partial charge in [-0.2, -0.15) is 10.1 Å². The van der Waals surface area contributed by atoms with Gasteiger partial charge in [0.2, 0.25) is 5.13 Å². The summed E-state index contributed by atoms with van der Waals surface area (Å²) in [5.74, 6) is -0.798. The van der Waals surface area contributed by atoms with E-state index in [1.54, 1.807) is 6.21 Å². The SMILES string of the molecule is O=C(c1ccc(F)cc1)N(/N=C/c1ccc(Br)cc1)c1nc2ccc(Br)cc2s1. The zero-order chi connectivity index (χ0) is 20.4. The minimum absolute atomic E-state index is 0.319. The summed E-state index contributed by atoms with van der Waals surface area (Å²) in [5.41, 5.74) is 1.91. The van der Waals surface area contributed by atoms with E-state index in [0.29, 0.717) is 10.7 Å². The van der Waals surface area contributed by atoms with Crippen molar-refractivity contribution in [1.29, 1.82) is 0 Å². The molecule has 1 amide bonds. The maximum Gasteiger partial charge on any atom is 0.280 e. The third-order valence-corrected chi connectivity index (χ3v) is 6.01. The Labute approximate surface area is 187 Å². The van der Waals surface area contributed by atoms with Crippen molar-refractivity contribution in [2.24, 2.45) is 5.10 Å². The van der Waals surface area contributed by atoms with Gasteiger partial charge in [0.05, 0.1) is 16.4 Å². The minimum Gasteiger partial charge on any atom is -0.267 e. The summed E-state index contributed by atoms with van der Waals surface area (Å²) >= 11 is 8.19. The fourth-order valence-electron chi connectivity index (χ4n) is 2.55. The summed E-state index contributed by atoms with van der Waals surface area (Å²) in [6.07, 6.45) is 1.59. The van der Waals surface area contributed by atoms with Crippen LogP contribution in [0.4, 0.5) is 9.52 Å². The molecule has 4 rings (SSSR count). The number of aromatic nitrogens is 1. The van der Waals surface area contributed by atoms with Crippen LogP contribution in [0, 0.1) is 5.82 Å². The van der Waals surface area contributed by atoms with Crippen molar-refractivity contribution in [3.8, 4) is 0 Å². The molecular formula is C21H12Br2FN3OS. The number of fused-ring (bicyclic) bond motifs is 1. The molecule has 0 saturated carbocycles. The predicted molar refractivity (Wildman–Crippen MR) is 122 cm³/mol. The lowest BCUT2D eigenvalue weighted by Gasteiger charge is -2.13. The van der Waals surface area contributed by atoms with Crippen LogP contribution in [-0.2, 0) is 0 Å². The van der Waals surface area contributed by atoms with Gasteiger partial charge in [-0.3, -0.25) is 4.79 Å². The van der Waals surface area contributed by atoms with E-state index in [4.69, 9.17) is 0 Å². The molecule has 0 aliphatic carbocycles. The number of thiazole rings is 1. The number of hydrazone groups is 1. The van der Waals surface area contributed by atoms with Crippen LogP contribution >= 0.6 is 43.2 Å². The van der Waals surface area contributed by atoms with Gasteiger partial charge in [-0.1, -0.05) is 55.3 Å². The zero-order valence-corrected chi connectivity index (χ0v) is 18.7. The van der Waals surface area contributed by atoms with E-state index in [1.165, 1.54) is 40.6 Å². The van der Waals surface area contributed by atoms with Gasteiger partial charge < -0.3 is 0 Å². The number of carbonyl (C=O) groups is 1. The van der Waals surface area contributed by atoms with Crippen molar-refractivity contribution >= 4 is 70.7 Å². The Balaban J connectivity index is 1.75. The smallest absolute Gasteiger partial charge is 0.267 e. The summed E-state index contributed by atoms with van der Waals surface area (Å²) < 4.78 is 16.1. The van der Waals surface area contributed by atoms with Crippen molar-refractivity contribution < 1.29 is 9.18 Å². The third-order valence-electron chi connectivity index (χ3n) is 4.00. The van der Waals surface area contributed by atoms with Crippen LogP contribution < -0.4 is 5.01 Å². The van der Waals surface area contributed by atoms with Crippen LogP contribution in [0.2, 0.25) is 0 Å². The second kappa shape index (κ2) is 8.52. The highest BCUT2D eigenvalue weighted by atomic mass is 79.9. The second-order valence-electron chi connectivity index (χ2n) is 6.03. The summed E-state index contributed by atoms with van der Waals surface area (Å²) in [5, 5.41) is 6.07. The van der Waals surface area contributed by atoms with Crippen LogP contribution in [0.1, 0.15) is 15.9 Å². The number of halogens is 3. The van der Waals surface area contributed by atoms with E-state index in [-0.39, 0.29) is 0 Å². The monoisotopic (exact) mass is 531 g/mol. The summed E-state index contributed by atoms with van der Waals surface area (Å²) in [4.78, 5) is 17.7. The van der Waals surface area contributed by atoms with Gasteiger partial charge in [-0.05, 0) is 60.2 Å². The Kier molecular flexibility index (Phi) is 5.84. The lowest BCUT2D eigenvalue weighted by molar-refractivity contribution is 0.0988. The van der Waals surface area contributed by atoms with Crippen LogP contribution in [0.5, 0.6) is 0 Å². The molecule has 0 fully saturated rings. The Hall–Kier alpha value is -2.42. The average Bonchev–Trinajstić information content (AvgIpc) is 3.12. The quantitative estimate of drug-likeness (QED) is 0.218. The lowest BCUT2D eigenvalue weighted by Crippen LogP contribution is -2.25. The van der Waals surface area contributed by atoms with E-state index in [2.05, 4.69) is 41.9 Å². The molecule has 0 bridgehead atoms. The maximum absolute atomic E-state index is 13.3. The van der Waals surface area contributed by atoms with Crippen molar-refractivity contribution in [2.45, 2.75) is 0 Å². The molecule has 0 unspecified atom stereocenters. The molecule has 3 aromatic carbocycles. The first-order valence-corrected chi connectivity index (χ1v) is 10.9. The van der Waals surface area contributed by atoms with E-state index in [1.807, 2.05) is 42.5 Å². The molecular weight excluding hydrogens is 521 g/mol. The van der Waals surface area contributed by atoms with Gasteiger partial charge in [0.25, 0.3) is 5.91 Å². The Bertz CT molecular complexity index is 1210. The van der Waals surface area contributed by atoms with Gasteiger partial charge >= 0.3 is 0 Å². The van der Waals surface area contributed by atoms with Gasteiger partial charge in [0.1, 0.15) is 5.82 Å². The highest BCUT2D eigenvalue weighted by Crippen LogP contribution is 2.32. The molecule has 8 heteroatoms. The van der Waals surface area contributed by atoms with E-state index >= 15 is 0 Å². The van der Waals surface area contributed by atoms with E-state index in [9.17, 15) is 9.18 Å². The molecule has 1 aromatic heterocycles. The number of amides is 1. The molecule has 0 aliphatic rings. The number of benzene rings is 3. The van der Waals surface area contributed by atoms with Gasteiger partial charge in [0, 0.05) is 14.5 Å². The van der Waals surface area contributed by atoms with Crippen molar-refractivity contribution in [2.75, 3.05) is 5.01 Å². The number of hydrogen-bond donors (Lipinski definition) is 0. The topological polar surface area (TPSA) is 45.6 Å². The van der Waals surface area contributed by atoms with Crippen molar-refractivity contribution in [3.05, 3.63) is 92.6 Å². The van der Waals surface area contributed by atoms with E-state index in [0.717, 1.165) is 24.7 Å². The summed E-state index contributed by atoms with van der Waals surface area (Å²) in [6.45, 7) is 0. The van der Waals surface area contributed by atoms with Crippen LogP contribution in [-0.4, -0.2) is 17.1 Å². The number of hydrogen-bond acceptors (Lipinski definition) is 4. The maximum atomic E-state index is 13.3. The molecule has 4 nitrogen and oxygen atoms in total. The summed E-state index contributed by atoms with van der Waals surface area (Å²) in [6, 6.07) is 18.6. The molecule has 1 heterocycles. The molecule has 0 N–H and O–H groups in total. The fourth-order valence-corrected chi connectivity index (χ4v) is 4.29. The molecule has 144 valence electrons. The average molecular weight is 533 g/mol. The molecule has 0 aliphatic heterocycles. The van der Waals surface area contributed by atoms with Gasteiger partial charge in [-0.15, -0.1) is 0 Å². The van der Waals surface area contributed by atoms with Crippen LogP contribution in [0.15, 0.2) is 80.8 Å². The van der Waals surface area contributed by atoms with Crippen molar-refractivity contribution in [1.82, 2.24) is 4.98 Å². The van der Waals surface area contributed by atoms with Crippen molar-refractivity contribution in [3.63, 3.8) is 0 Å². The number of anilines is 1. The fraction of sp³-hybridized carbons (Fsp3) is 0. The Morgan fingerprint density at radius 3 is 2.41 bits per heavy atom. The first kappa shape index (κ1) is 19.9. The first-order valence-electron chi connectivity index (χ1n) is 8.45. The second-order valence-corrected chi connectivity index (χ2v) is 8.87. The summed E-state index contributed by atoms with van der Waals surface area (Å²) in [7, 11) is 0. The third kappa shape index (κ3) is 4.60. The number of rotatable bonds is 4. The Morgan fingerprint density at radius 2 is 1.69 bits per heavy atom. The molecule has 0 radical (unpaired) electrons. The molecule has 4 aromatic rings. The van der Waals surface area contributed by atoms with Gasteiger partial charge in [0.15, 0.2) is 0 Å².